The standard InChI is InChI=1S/C25H29N5O/c1-18-17-29(25(31)20-10-6-3-7-11-20)14-15-30(18)24-22-16-26-13-12-21(22)23(27-28-24)19-8-4-2-5-9-19/h2,4-5,8-9,12-13,16,18,20H,3,6-7,10-11,14-15,17H2,1H3. The first kappa shape index (κ1) is 19.9. The molecule has 6 heteroatoms. The number of pyridine rings is 1. The maximum atomic E-state index is 13.0. The summed E-state index contributed by atoms with van der Waals surface area (Å²) in [5.41, 5.74) is 1.93. The van der Waals surface area contributed by atoms with Crippen LogP contribution < -0.4 is 4.90 Å². The number of piperazine rings is 1. The number of rotatable bonds is 3. The average Bonchev–Trinajstić information content (AvgIpc) is 2.84. The summed E-state index contributed by atoms with van der Waals surface area (Å²) in [4.78, 5) is 21.8. The van der Waals surface area contributed by atoms with Gasteiger partial charge in [0.25, 0.3) is 0 Å². The summed E-state index contributed by atoms with van der Waals surface area (Å²) >= 11 is 0. The van der Waals surface area contributed by atoms with Crippen LogP contribution in [0.2, 0.25) is 0 Å². The van der Waals surface area contributed by atoms with Crippen molar-refractivity contribution >= 4 is 22.5 Å². The fraction of sp³-hybridized carbons (Fsp3) is 0.440. The van der Waals surface area contributed by atoms with Crippen LogP contribution in [0.3, 0.4) is 0 Å². The van der Waals surface area contributed by atoms with E-state index in [1.54, 1.807) is 0 Å². The number of amides is 1. The van der Waals surface area contributed by atoms with Crippen molar-refractivity contribution in [1.29, 1.82) is 0 Å². The first-order valence-corrected chi connectivity index (χ1v) is 11.4. The van der Waals surface area contributed by atoms with Gasteiger partial charge >= 0.3 is 0 Å². The molecule has 0 N–H and O–H groups in total. The summed E-state index contributed by atoms with van der Waals surface area (Å²) in [6.07, 6.45) is 9.45. The molecular weight excluding hydrogens is 386 g/mol. The Balaban J connectivity index is 1.41. The third-order valence-electron chi connectivity index (χ3n) is 6.77. The molecule has 3 heterocycles. The Morgan fingerprint density at radius 3 is 2.55 bits per heavy atom. The van der Waals surface area contributed by atoms with Gasteiger partial charge in [-0.3, -0.25) is 9.78 Å². The molecule has 1 atom stereocenters. The highest BCUT2D eigenvalue weighted by Gasteiger charge is 2.32. The molecule has 2 aliphatic rings. The fourth-order valence-electron chi connectivity index (χ4n) is 5.09. The van der Waals surface area contributed by atoms with Crippen molar-refractivity contribution in [3.63, 3.8) is 0 Å². The van der Waals surface area contributed by atoms with E-state index < -0.39 is 0 Å². The summed E-state index contributed by atoms with van der Waals surface area (Å²) < 4.78 is 0. The van der Waals surface area contributed by atoms with Gasteiger partial charge in [0.15, 0.2) is 5.82 Å². The van der Waals surface area contributed by atoms with Crippen molar-refractivity contribution in [2.75, 3.05) is 24.5 Å². The number of anilines is 1. The van der Waals surface area contributed by atoms with Gasteiger partial charge in [0, 0.05) is 60.3 Å². The number of benzene rings is 1. The van der Waals surface area contributed by atoms with Crippen LogP contribution in [0.15, 0.2) is 48.8 Å². The van der Waals surface area contributed by atoms with Crippen LogP contribution in [0, 0.1) is 5.92 Å². The number of hydrogen-bond donors (Lipinski definition) is 0. The zero-order valence-corrected chi connectivity index (χ0v) is 18.1. The molecule has 1 amide bonds. The average molecular weight is 416 g/mol. The molecule has 0 radical (unpaired) electrons. The Morgan fingerprint density at radius 1 is 0.968 bits per heavy atom. The van der Waals surface area contributed by atoms with Crippen molar-refractivity contribution < 1.29 is 4.79 Å². The lowest BCUT2D eigenvalue weighted by Gasteiger charge is -2.42. The largest absolute Gasteiger partial charge is 0.348 e. The summed E-state index contributed by atoms with van der Waals surface area (Å²) in [6, 6.07) is 12.4. The highest BCUT2D eigenvalue weighted by molar-refractivity contribution is 5.99. The van der Waals surface area contributed by atoms with Gasteiger partial charge in [-0.2, -0.15) is 0 Å². The van der Waals surface area contributed by atoms with E-state index in [0.717, 1.165) is 60.3 Å². The van der Waals surface area contributed by atoms with Crippen LogP contribution in [-0.2, 0) is 4.79 Å². The molecule has 1 aliphatic carbocycles. The predicted molar refractivity (Wildman–Crippen MR) is 123 cm³/mol. The molecule has 6 nitrogen and oxygen atoms in total. The molecule has 1 unspecified atom stereocenters. The minimum atomic E-state index is 0.182. The number of carbonyl (C=O) groups is 1. The molecule has 2 aromatic heterocycles. The van der Waals surface area contributed by atoms with Gasteiger partial charge in [-0.1, -0.05) is 49.6 Å². The molecule has 1 saturated carbocycles. The Bertz CT molecular complexity index is 1060. The summed E-state index contributed by atoms with van der Waals surface area (Å²) in [6.45, 7) is 4.42. The maximum absolute atomic E-state index is 13.0. The van der Waals surface area contributed by atoms with Crippen LogP contribution in [0.4, 0.5) is 5.82 Å². The van der Waals surface area contributed by atoms with E-state index in [-0.39, 0.29) is 12.0 Å². The smallest absolute Gasteiger partial charge is 0.225 e. The first-order chi connectivity index (χ1) is 15.2. The Hall–Kier alpha value is -3.02. The highest BCUT2D eigenvalue weighted by atomic mass is 16.2. The number of aromatic nitrogens is 3. The molecule has 1 aromatic carbocycles. The second kappa shape index (κ2) is 8.61. The summed E-state index contributed by atoms with van der Waals surface area (Å²) in [7, 11) is 0. The maximum Gasteiger partial charge on any atom is 0.225 e. The van der Waals surface area contributed by atoms with Gasteiger partial charge in [-0.05, 0) is 25.8 Å². The van der Waals surface area contributed by atoms with Crippen LogP contribution in [0.1, 0.15) is 39.0 Å². The SMILES string of the molecule is CC1CN(C(=O)C2CCCCC2)CCN1c1nnc(-c2ccccc2)c2ccncc12. The van der Waals surface area contributed by atoms with Gasteiger partial charge in [0.2, 0.25) is 5.91 Å². The molecule has 31 heavy (non-hydrogen) atoms. The van der Waals surface area contributed by atoms with Gasteiger partial charge in [0.1, 0.15) is 5.69 Å². The monoisotopic (exact) mass is 415 g/mol. The number of hydrogen-bond acceptors (Lipinski definition) is 5. The zero-order chi connectivity index (χ0) is 21.2. The third kappa shape index (κ3) is 3.87. The lowest BCUT2D eigenvalue weighted by atomic mass is 9.88. The van der Waals surface area contributed by atoms with E-state index in [4.69, 9.17) is 0 Å². The van der Waals surface area contributed by atoms with Crippen LogP contribution in [0.5, 0.6) is 0 Å². The van der Waals surface area contributed by atoms with E-state index in [2.05, 4.69) is 44.0 Å². The van der Waals surface area contributed by atoms with Crippen LogP contribution >= 0.6 is 0 Å². The molecule has 160 valence electrons. The second-order valence-electron chi connectivity index (χ2n) is 8.82. The van der Waals surface area contributed by atoms with E-state index in [9.17, 15) is 4.79 Å². The van der Waals surface area contributed by atoms with Crippen LogP contribution in [0.25, 0.3) is 22.0 Å². The molecule has 3 aromatic rings. The quantitative estimate of drug-likeness (QED) is 0.638. The fourth-order valence-corrected chi connectivity index (χ4v) is 5.09. The summed E-state index contributed by atoms with van der Waals surface area (Å²) in [5, 5.41) is 11.3. The second-order valence-corrected chi connectivity index (χ2v) is 8.82. The summed E-state index contributed by atoms with van der Waals surface area (Å²) in [5.74, 6) is 1.44. The van der Waals surface area contributed by atoms with Crippen molar-refractivity contribution in [3.05, 3.63) is 48.8 Å². The van der Waals surface area contributed by atoms with Gasteiger partial charge < -0.3 is 9.80 Å². The molecule has 2 fully saturated rings. The molecule has 0 bridgehead atoms. The molecule has 1 saturated heterocycles. The Morgan fingerprint density at radius 2 is 1.77 bits per heavy atom. The topological polar surface area (TPSA) is 62.2 Å². The minimum absolute atomic E-state index is 0.182. The van der Waals surface area contributed by atoms with E-state index in [1.807, 2.05) is 36.7 Å². The molecular formula is C25H29N5O. The van der Waals surface area contributed by atoms with Crippen molar-refractivity contribution in [2.24, 2.45) is 5.92 Å². The van der Waals surface area contributed by atoms with Gasteiger partial charge in [-0.25, -0.2) is 0 Å². The van der Waals surface area contributed by atoms with Crippen LogP contribution in [-0.4, -0.2) is 51.7 Å². The lowest BCUT2D eigenvalue weighted by Crippen LogP contribution is -2.55. The predicted octanol–water partition coefficient (Wildman–Crippen LogP) is 4.31. The number of fused-ring (bicyclic) bond motifs is 1. The molecule has 0 spiro atoms. The minimum Gasteiger partial charge on any atom is -0.348 e. The van der Waals surface area contributed by atoms with Crippen molar-refractivity contribution in [3.8, 4) is 11.3 Å². The van der Waals surface area contributed by atoms with E-state index in [0.29, 0.717) is 5.91 Å². The number of nitrogens with zero attached hydrogens (tertiary/aromatic N) is 5. The zero-order valence-electron chi connectivity index (χ0n) is 18.1. The van der Waals surface area contributed by atoms with Crippen molar-refractivity contribution in [2.45, 2.75) is 45.1 Å². The Kier molecular flexibility index (Phi) is 5.53. The Labute approximate surface area is 183 Å². The lowest BCUT2D eigenvalue weighted by molar-refractivity contribution is -0.137. The first-order valence-electron chi connectivity index (χ1n) is 11.4. The van der Waals surface area contributed by atoms with Gasteiger partial charge in [-0.15, -0.1) is 10.2 Å². The normalized spacial score (nSPS) is 20.2. The molecule has 1 aliphatic heterocycles. The van der Waals surface area contributed by atoms with Crippen molar-refractivity contribution in [1.82, 2.24) is 20.1 Å². The van der Waals surface area contributed by atoms with Gasteiger partial charge in [0.05, 0.1) is 0 Å². The van der Waals surface area contributed by atoms with E-state index >= 15 is 0 Å². The highest BCUT2D eigenvalue weighted by Crippen LogP contribution is 2.33. The molecule has 5 rings (SSSR count). The number of carbonyl (C=O) groups excluding carboxylic acids is 1. The third-order valence-corrected chi connectivity index (χ3v) is 6.77. The van der Waals surface area contributed by atoms with E-state index in [1.165, 1.54) is 19.3 Å².